The minimum absolute atomic E-state index is 0.725. The summed E-state index contributed by atoms with van der Waals surface area (Å²) in [4.78, 5) is 12.7. The van der Waals surface area contributed by atoms with Crippen molar-refractivity contribution in [2.75, 3.05) is 0 Å². The Balaban J connectivity index is 2.01. The molecule has 0 amide bonds. The first-order chi connectivity index (χ1) is 7.93. The summed E-state index contributed by atoms with van der Waals surface area (Å²) in [5.74, 6) is 0. The monoisotopic (exact) mass is 210 g/mol. The Labute approximate surface area is 92.6 Å². The van der Waals surface area contributed by atoms with Gasteiger partial charge in [0.15, 0.2) is 5.65 Å². The van der Waals surface area contributed by atoms with Gasteiger partial charge >= 0.3 is 0 Å². The summed E-state index contributed by atoms with van der Waals surface area (Å²) < 4.78 is 2.05. The zero-order valence-electron chi connectivity index (χ0n) is 8.61. The number of hydrogen-bond acceptors (Lipinski definition) is 3. The van der Waals surface area contributed by atoms with Gasteiger partial charge in [0, 0.05) is 12.4 Å². The number of hydrogen-bond donors (Lipinski definition) is 0. The van der Waals surface area contributed by atoms with Gasteiger partial charge in [0.1, 0.15) is 0 Å². The molecule has 0 spiro atoms. The number of imidazole rings is 1. The van der Waals surface area contributed by atoms with E-state index < -0.39 is 0 Å². The first-order valence-corrected chi connectivity index (χ1v) is 5.09. The second-order valence-corrected chi connectivity index (χ2v) is 3.54. The highest BCUT2D eigenvalue weighted by Gasteiger charge is 2.03. The van der Waals surface area contributed by atoms with Crippen LogP contribution < -0.4 is 0 Å². The molecule has 0 N–H and O–H groups in total. The molecule has 0 aromatic carbocycles. The van der Waals surface area contributed by atoms with E-state index in [9.17, 15) is 0 Å². The maximum Gasteiger partial charge on any atom is 0.177 e. The summed E-state index contributed by atoms with van der Waals surface area (Å²) in [6, 6.07) is 9.83. The topological polar surface area (TPSA) is 43.6 Å². The molecule has 78 valence electrons. The Morgan fingerprint density at radius 1 is 0.938 bits per heavy atom. The van der Waals surface area contributed by atoms with Crippen LogP contribution >= 0.6 is 0 Å². The van der Waals surface area contributed by atoms with E-state index in [4.69, 9.17) is 0 Å². The van der Waals surface area contributed by atoms with Crippen molar-refractivity contribution >= 4 is 11.2 Å². The molecule has 0 atom stereocenters. The molecule has 4 nitrogen and oxygen atoms in total. The largest absolute Gasteiger partial charge is 0.323 e. The van der Waals surface area contributed by atoms with Gasteiger partial charge in [-0.25, -0.2) is 9.97 Å². The van der Waals surface area contributed by atoms with E-state index in [0.717, 1.165) is 23.4 Å². The molecule has 3 aromatic heterocycles. The van der Waals surface area contributed by atoms with Crippen LogP contribution in [-0.4, -0.2) is 19.5 Å². The second-order valence-electron chi connectivity index (χ2n) is 3.54. The molecule has 4 heteroatoms. The third-order valence-corrected chi connectivity index (χ3v) is 2.45. The number of pyridine rings is 2. The SMILES string of the molecule is c1ccc(Cn2cnc3ncccc32)nc1. The van der Waals surface area contributed by atoms with Crippen molar-refractivity contribution < 1.29 is 0 Å². The van der Waals surface area contributed by atoms with Crippen LogP contribution in [-0.2, 0) is 6.54 Å². The number of fused-ring (bicyclic) bond motifs is 1. The van der Waals surface area contributed by atoms with Gasteiger partial charge in [-0.3, -0.25) is 4.98 Å². The van der Waals surface area contributed by atoms with Crippen LogP contribution in [0.1, 0.15) is 5.69 Å². The van der Waals surface area contributed by atoms with Crippen molar-refractivity contribution in [2.45, 2.75) is 6.54 Å². The molecular weight excluding hydrogens is 200 g/mol. The molecule has 0 aliphatic carbocycles. The lowest BCUT2D eigenvalue weighted by Gasteiger charge is -2.02. The second kappa shape index (κ2) is 3.73. The van der Waals surface area contributed by atoms with Gasteiger partial charge in [0.2, 0.25) is 0 Å². The van der Waals surface area contributed by atoms with Crippen LogP contribution in [0.3, 0.4) is 0 Å². The van der Waals surface area contributed by atoms with Crippen LogP contribution in [0.25, 0.3) is 11.2 Å². The molecule has 0 fully saturated rings. The van der Waals surface area contributed by atoms with Crippen LogP contribution in [0.5, 0.6) is 0 Å². The highest BCUT2D eigenvalue weighted by molar-refractivity contribution is 5.70. The normalized spacial score (nSPS) is 10.8. The zero-order valence-corrected chi connectivity index (χ0v) is 8.61. The molecule has 3 heterocycles. The average Bonchev–Trinajstić information content (AvgIpc) is 2.74. The lowest BCUT2D eigenvalue weighted by atomic mass is 10.3. The maximum atomic E-state index is 4.29. The van der Waals surface area contributed by atoms with E-state index >= 15 is 0 Å². The van der Waals surface area contributed by atoms with Gasteiger partial charge in [0.25, 0.3) is 0 Å². The smallest absolute Gasteiger partial charge is 0.177 e. The first-order valence-electron chi connectivity index (χ1n) is 5.09. The minimum atomic E-state index is 0.725. The predicted molar refractivity (Wildman–Crippen MR) is 60.9 cm³/mol. The van der Waals surface area contributed by atoms with Crippen molar-refractivity contribution in [2.24, 2.45) is 0 Å². The molecule has 16 heavy (non-hydrogen) atoms. The van der Waals surface area contributed by atoms with Crippen molar-refractivity contribution in [3.8, 4) is 0 Å². The number of nitrogens with zero attached hydrogens (tertiary/aromatic N) is 4. The summed E-state index contributed by atoms with van der Waals surface area (Å²) in [6.07, 6.45) is 5.35. The molecule has 0 aliphatic heterocycles. The zero-order chi connectivity index (χ0) is 10.8. The van der Waals surface area contributed by atoms with Crippen molar-refractivity contribution in [3.63, 3.8) is 0 Å². The third-order valence-electron chi connectivity index (χ3n) is 2.45. The summed E-state index contributed by atoms with van der Waals surface area (Å²) in [7, 11) is 0. The van der Waals surface area contributed by atoms with E-state index in [-0.39, 0.29) is 0 Å². The van der Waals surface area contributed by atoms with Crippen LogP contribution in [0.15, 0.2) is 49.1 Å². The predicted octanol–water partition coefficient (Wildman–Crippen LogP) is 1.87. The van der Waals surface area contributed by atoms with Crippen molar-refractivity contribution in [3.05, 3.63) is 54.7 Å². The molecule has 0 unspecified atom stereocenters. The third kappa shape index (κ3) is 1.54. The van der Waals surface area contributed by atoms with Gasteiger partial charge in [-0.1, -0.05) is 6.07 Å². The highest BCUT2D eigenvalue weighted by Crippen LogP contribution is 2.10. The minimum Gasteiger partial charge on any atom is -0.323 e. The highest BCUT2D eigenvalue weighted by atomic mass is 15.1. The molecule has 3 aromatic rings. The summed E-state index contributed by atoms with van der Waals surface area (Å²) in [5.41, 5.74) is 2.83. The van der Waals surface area contributed by atoms with Crippen molar-refractivity contribution in [1.29, 1.82) is 0 Å². The van der Waals surface area contributed by atoms with Crippen LogP contribution in [0.4, 0.5) is 0 Å². The fourth-order valence-corrected chi connectivity index (χ4v) is 1.69. The van der Waals surface area contributed by atoms with Crippen molar-refractivity contribution in [1.82, 2.24) is 19.5 Å². The van der Waals surface area contributed by atoms with Gasteiger partial charge in [0.05, 0.1) is 24.1 Å². The maximum absolute atomic E-state index is 4.29. The lowest BCUT2D eigenvalue weighted by Crippen LogP contribution is -1.99. The molecule has 3 rings (SSSR count). The molecule has 0 bridgehead atoms. The Hall–Kier alpha value is -2.23. The summed E-state index contributed by atoms with van der Waals surface area (Å²) in [6.45, 7) is 0.725. The van der Waals surface area contributed by atoms with Gasteiger partial charge in [-0.05, 0) is 24.3 Å². The Morgan fingerprint density at radius 3 is 2.75 bits per heavy atom. The van der Waals surface area contributed by atoms with E-state index in [1.54, 1.807) is 18.7 Å². The van der Waals surface area contributed by atoms with E-state index in [1.807, 2.05) is 34.9 Å². The molecule has 0 saturated carbocycles. The summed E-state index contributed by atoms with van der Waals surface area (Å²) in [5, 5.41) is 0. The van der Waals surface area contributed by atoms with Gasteiger partial charge < -0.3 is 4.57 Å². The number of aromatic nitrogens is 4. The van der Waals surface area contributed by atoms with Gasteiger partial charge in [-0.2, -0.15) is 0 Å². The molecule has 0 radical (unpaired) electrons. The van der Waals surface area contributed by atoms with Gasteiger partial charge in [-0.15, -0.1) is 0 Å². The Bertz CT molecular complexity index is 600. The van der Waals surface area contributed by atoms with Crippen LogP contribution in [0, 0.1) is 0 Å². The Kier molecular flexibility index (Phi) is 2.11. The first kappa shape index (κ1) is 9.03. The van der Waals surface area contributed by atoms with E-state index in [1.165, 1.54) is 0 Å². The lowest BCUT2D eigenvalue weighted by molar-refractivity contribution is 0.797. The average molecular weight is 210 g/mol. The molecular formula is C12H10N4. The Morgan fingerprint density at radius 2 is 1.88 bits per heavy atom. The molecule has 0 saturated heterocycles. The quantitative estimate of drug-likeness (QED) is 0.648. The fraction of sp³-hybridized carbons (Fsp3) is 0.0833. The standard InChI is InChI=1S/C12H10N4/c1-2-6-13-10(4-1)8-16-9-15-12-11(16)5-3-7-14-12/h1-7,9H,8H2. The van der Waals surface area contributed by atoms with E-state index in [0.29, 0.717) is 0 Å². The summed E-state index contributed by atoms with van der Waals surface area (Å²) >= 11 is 0. The number of rotatable bonds is 2. The molecule has 0 aliphatic rings. The van der Waals surface area contributed by atoms with E-state index in [2.05, 4.69) is 15.0 Å². The van der Waals surface area contributed by atoms with Crippen LogP contribution in [0.2, 0.25) is 0 Å². The fourth-order valence-electron chi connectivity index (χ4n) is 1.69.